The molecule has 1 saturated heterocycles. The molecule has 2 N–H and O–H groups in total. The van der Waals surface area contributed by atoms with Crippen molar-refractivity contribution in [1.82, 2.24) is 25.4 Å². The lowest BCUT2D eigenvalue weighted by molar-refractivity contribution is 0.0449. The Morgan fingerprint density at radius 1 is 1.47 bits per heavy atom. The van der Waals surface area contributed by atoms with Crippen molar-refractivity contribution in [3.8, 4) is 0 Å². The minimum atomic E-state index is -1.04. The van der Waals surface area contributed by atoms with E-state index in [1.54, 1.807) is 4.68 Å². The SMILES string of the molecule is CC1CCCC(C)N1NCCn1cc(C(=O)O)nn1. The number of rotatable bonds is 5. The second kappa shape index (κ2) is 6.12. The highest BCUT2D eigenvalue weighted by Gasteiger charge is 2.23. The molecule has 2 rings (SSSR count). The van der Waals surface area contributed by atoms with Crippen LogP contribution in [0.25, 0.3) is 0 Å². The first-order valence-electron chi connectivity index (χ1n) is 6.73. The summed E-state index contributed by atoms with van der Waals surface area (Å²) in [5.41, 5.74) is 3.39. The summed E-state index contributed by atoms with van der Waals surface area (Å²) < 4.78 is 1.55. The number of nitrogens with one attached hydrogen (secondary N) is 1. The lowest BCUT2D eigenvalue weighted by Crippen LogP contribution is -2.52. The number of hydrogen-bond donors (Lipinski definition) is 2. The van der Waals surface area contributed by atoms with Gasteiger partial charge in [0.15, 0.2) is 5.69 Å². The largest absolute Gasteiger partial charge is 0.476 e. The molecule has 19 heavy (non-hydrogen) atoms. The fourth-order valence-electron chi connectivity index (χ4n) is 2.53. The summed E-state index contributed by atoms with van der Waals surface area (Å²) in [7, 11) is 0. The molecule has 0 saturated carbocycles. The lowest BCUT2D eigenvalue weighted by atomic mass is 10.00. The van der Waals surface area contributed by atoms with Gasteiger partial charge in [-0.2, -0.15) is 0 Å². The molecule has 0 amide bonds. The molecule has 1 fully saturated rings. The maximum absolute atomic E-state index is 10.7. The van der Waals surface area contributed by atoms with Gasteiger partial charge in [-0.1, -0.05) is 11.6 Å². The smallest absolute Gasteiger partial charge is 0.358 e. The van der Waals surface area contributed by atoms with Crippen LogP contribution in [-0.2, 0) is 6.54 Å². The van der Waals surface area contributed by atoms with Gasteiger partial charge in [-0.05, 0) is 26.7 Å². The number of aromatic carboxylic acids is 1. The van der Waals surface area contributed by atoms with Crippen molar-refractivity contribution in [2.75, 3.05) is 6.54 Å². The van der Waals surface area contributed by atoms with E-state index in [2.05, 4.69) is 34.6 Å². The van der Waals surface area contributed by atoms with E-state index in [1.165, 1.54) is 25.5 Å². The lowest BCUT2D eigenvalue weighted by Gasteiger charge is -2.39. The van der Waals surface area contributed by atoms with Crippen molar-refractivity contribution in [3.05, 3.63) is 11.9 Å². The molecule has 1 aromatic rings. The van der Waals surface area contributed by atoms with Crippen LogP contribution < -0.4 is 5.43 Å². The first-order valence-corrected chi connectivity index (χ1v) is 6.73. The van der Waals surface area contributed by atoms with Crippen molar-refractivity contribution in [2.45, 2.75) is 51.7 Å². The zero-order valence-corrected chi connectivity index (χ0v) is 11.4. The van der Waals surface area contributed by atoms with Crippen molar-refractivity contribution < 1.29 is 9.90 Å². The molecule has 1 aromatic heterocycles. The van der Waals surface area contributed by atoms with E-state index in [-0.39, 0.29) is 5.69 Å². The van der Waals surface area contributed by atoms with E-state index < -0.39 is 5.97 Å². The van der Waals surface area contributed by atoms with E-state index in [9.17, 15) is 4.79 Å². The van der Waals surface area contributed by atoms with E-state index in [4.69, 9.17) is 5.11 Å². The summed E-state index contributed by atoms with van der Waals surface area (Å²) in [5, 5.41) is 18.4. The monoisotopic (exact) mass is 267 g/mol. The van der Waals surface area contributed by atoms with Crippen LogP contribution >= 0.6 is 0 Å². The Morgan fingerprint density at radius 2 is 2.16 bits per heavy atom. The third-order valence-corrected chi connectivity index (χ3v) is 3.59. The van der Waals surface area contributed by atoms with E-state index in [0.717, 1.165) is 6.54 Å². The molecule has 0 aliphatic carbocycles. The molecule has 2 unspecified atom stereocenters. The summed E-state index contributed by atoms with van der Waals surface area (Å²) in [6, 6.07) is 1.07. The van der Waals surface area contributed by atoms with Crippen LogP contribution in [0.15, 0.2) is 6.20 Å². The predicted molar refractivity (Wildman–Crippen MR) is 69.6 cm³/mol. The molecule has 106 valence electrons. The average Bonchev–Trinajstić information content (AvgIpc) is 2.82. The number of hydrazine groups is 1. The van der Waals surface area contributed by atoms with Crippen LogP contribution in [0.2, 0.25) is 0 Å². The Balaban J connectivity index is 1.80. The van der Waals surface area contributed by atoms with Gasteiger partial charge in [0.05, 0.1) is 12.7 Å². The number of piperidine rings is 1. The Kier molecular flexibility index (Phi) is 4.49. The third kappa shape index (κ3) is 3.51. The molecule has 1 aliphatic rings. The summed E-state index contributed by atoms with van der Waals surface area (Å²) in [6.45, 7) is 5.77. The average molecular weight is 267 g/mol. The zero-order chi connectivity index (χ0) is 13.8. The summed E-state index contributed by atoms with van der Waals surface area (Å²) in [6.07, 6.45) is 5.16. The van der Waals surface area contributed by atoms with Crippen molar-refractivity contribution >= 4 is 5.97 Å². The zero-order valence-electron chi connectivity index (χ0n) is 11.4. The molecule has 7 heteroatoms. The highest BCUT2D eigenvalue weighted by Crippen LogP contribution is 2.19. The minimum absolute atomic E-state index is 0.0142. The molecule has 0 bridgehead atoms. The first-order chi connectivity index (χ1) is 9.08. The number of nitrogens with zero attached hydrogens (tertiary/aromatic N) is 4. The fourth-order valence-corrected chi connectivity index (χ4v) is 2.53. The van der Waals surface area contributed by atoms with Crippen LogP contribution in [-0.4, -0.2) is 49.7 Å². The number of aromatic nitrogens is 3. The Bertz CT molecular complexity index is 424. The topological polar surface area (TPSA) is 83.3 Å². The van der Waals surface area contributed by atoms with E-state index in [1.807, 2.05) is 0 Å². The Labute approximate surface area is 112 Å². The number of carboxylic acids is 1. The summed E-state index contributed by atoms with van der Waals surface area (Å²) in [4.78, 5) is 10.7. The van der Waals surface area contributed by atoms with E-state index in [0.29, 0.717) is 18.6 Å². The molecule has 0 aromatic carbocycles. The van der Waals surface area contributed by atoms with Crippen LogP contribution in [0.5, 0.6) is 0 Å². The van der Waals surface area contributed by atoms with Gasteiger partial charge >= 0.3 is 5.97 Å². The van der Waals surface area contributed by atoms with Crippen molar-refractivity contribution in [2.24, 2.45) is 0 Å². The Morgan fingerprint density at radius 3 is 2.74 bits per heavy atom. The first kappa shape index (κ1) is 14.0. The van der Waals surface area contributed by atoms with Crippen molar-refractivity contribution in [3.63, 3.8) is 0 Å². The molecule has 2 atom stereocenters. The van der Waals surface area contributed by atoms with Crippen LogP contribution in [0, 0.1) is 0 Å². The van der Waals surface area contributed by atoms with Gasteiger partial charge in [-0.25, -0.2) is 9.80 Å². The second-order valence-corrected chi connectivity index (χ2v) is 5.12. The Hall–Kier alpha value is -1.47. The second-order valence-electron chi connectivity index (χ2n) is 5.12. The highest BCUT2D eigenvalue weighted by molar-refractivity contribution is 5.84. The maximum atomic E-state index is 10.7. The molecule has 2 heterocycles. The normalized spacial score (nSPS) is 24.5. The summed E-state index contributed by atoms with van der Waals surface area (Å²) >= 11 is 0. The maximum Gasteiger partial charge on any atom is 0.358 e. The molecule has 0 radical (unpaired) electrons. The van der Waals surface area contributed by atoms with Gasteiger partial charge in [0.1, 0.15) is 0 Å². The number of carbonyl (C=O) groups is 1. The predicted octanol–water partition coefficient (Wildman–Crippen LogP) is 0.744. The van der Waals surface area contributed by atoms with Crippen LogP contribution in [0.1, 0.15) is 43.6 Å². The molecule has 0 spiro atoms. The molecular formula is C12H21N5O2. The van der Waals surface area contributed by atoms with Gasteiger partial charge in [0, 0.05) is 18.6 Å². The minimum Gasteiger partial charge on any atom is -0.476 e. The number of hydrogen-bond acceptors (Lipinski definition) is 5. The summed E-state index contributed by atoms with van der Waals surface area (Å²) in [5.74, 6) is -1.04. The quantitative estimate of drug-likeness (QED) is 0.819. The van der Waals surface area contributed by atoms with Gasteiger partial charge < -0.3 is 5.11 Å². The van der Waals surface area contributed by atoms with E-state index >= 15 is 0 Å². The molecule has 7 nitrogen and oxygen atoms in total. The third-order valence-electron chi connectivity index (χ3n) is 3.59. The fraction of sp³-hybridized carbons (Fsp3) is 0.750. The molecule has 1 aliphatic heterocycles. The standard InChI is InChI=1S/C12H21N5O2/c1-9-4-3-5-10(2)17(9)13-6-7-16-8-11(12(18)19)14-15-16/h8-10,13H,3-7H2,1-2H3,(H,18,19). The van der Waals surface area contributed by atoms with Gasteiger partial charge in [-0.3, -0.25) is 10.1 Å². The van der Waals surface area contributed by atoms with Crippen molar-refractivity contribution in [1.29, 1.82) is 0 Å². The van der Waals surface area contributed by atoms with Gasteiger partial charge in [-0.15, -0.1) is 5.10 Å². The van der Waals surface area contributed by atoms with Crippen LogP contribution in [0.3, 0.4) is 0 Å². The number of carboxylic acid groups (broad SMARTS) is 1. The van der Waals surface area contributed by atoms with Gasteiger partial charge in [0.2, 0.25) is 0 Å². The molecular weight excluding hydrogens is 246 g/mol. The highest BCUT2D eigenvalue weighted by atomic mass is 16.4. The van der Waals surface area contributed by atoms with Crippen LogP contribution in [0.4, 0.5) is 0 Å². The van der Waals surface area contributed by atoms with Gasteiger partial charge in [0.25, 0.3) is 0 Å².